The number of aliphatic imine (C=N–C) groups is 1. The van der Waals surface area contributed by atoms with Crippen molar-refractivity contribution in [1.82, 2.24) is 4.90 Å². The second kappa shape index (κ2) is 6.53. The van der Waals surface area contributed by atoms with E-state index in [9.17, 15) is 4.79 Å². The molecule has 0 spiro atoms. The highest BCUT2D eigenvalue weighted by molar-refractivity contribution is 6.34. The lowest BCUT2D eigenvalue weighted by atomic mass is 9.93. The molecule has 116 valence electrons. The Kier molecular flexibility index (Phi) is 4.48. The van der Waals surface area contributed by atoms with Gasteiger partial charge in [0, 0.05) is 12.5 Å². The first kappa shape index (κ1) is 15.1. The van der Waals surface area contributed by atoms with Crippen molar-refractivity contribution in [1.29, 1.82) is 0 Å². The molecule has 1 unspecified atom stereocenters. The first-order valence-corrected chi connectivity index (χ1v) is 8.07. The highest BCUT2D eigenvalue weighted by Gasteiger charge is 2.30. The van der Waals surface area contributed by atoms with Crippen molar-refractivity contribution in [2.75, 3.05) is 18.4 Å². The molecule has 22 heavy (non-hydrogen) atoms. The minimum Gasteiger partial charge on any atom is -0.324 e. The Bertz CT molecular complexity index is 619. The van der Waals surface area contributed by atoms with Gasteiger partial charge in [0.15, 0.2) is 0 Å². The van der Waals surface area contributed by atoms with Crippen LogP contribution in [0.4, 0.5) is 5.69 Å². The third-order valence-corrected chi connectivity index (χ3v) is 4.50. The number of nitrogens with zero attached hydrogens (tertiary/aromatic N) is 2. The van der Waals surface area contributed by atoms with Crippen LogP contribution in [0.1, 0.15) is 24.8 Å². The first-order valence-electron chi connectivity index (χ1n) is 7.70. The molecule has 1 aromatic carbocycles. The number of hydrogen-bond acceptors (Lipinski definition) is 3. The van der Waals surface area contributed by atoms with E-state index in [1.165, 1.54) is 0 Å². The smallest absolute Gasteiger partial charge is 0.232 e. The van der Waals surface area contributed by atoms with E-state index >= 15 is 0 Å². The fraction of sp³-hybridized carbons (Fsp3) is 0.412. The molecular formula is C17H20ClN3O. The molecular weight excluding hydrogens is 298 g/mol. The molecule has 1 aliphatic carbocycles. The van der Waals surface area contributed by atoms with Crippen molar-refractivity contribution in [3.8, 4) is 0 Å². The van der Waals surface area contributed by atoms with Gasteiger partial charge in [-0.05, 0) is 37.8 Å². The summed E-state index contributed by atoms with van der Waals surface area (Å²) in [5.41, 5.74) is 1.86. The van der Waals surface area contributed by atoms with Crippen LogP contribution in [0.2, 0.25) is 5.02 Å². The third-order valence-electron chi connectivity index (χ3n) is 4.18. The van der Waals surface area contributed by atoms with E-state index in [2.05, 4.69) is 22.5 Å². The Morgan fingerprint density at radius 1 is 1.41 bits per heavy atom. The van der Waals surface area contributed by atoms with Crippen LogP contribution >= 0.6 is 11.6 Å². The van der Waals surface area contributed by atoms with Gasteiger partial charge in [0.2, 0.25) is 11.9 Å². The van der Waals surface area contributed by atoms with E-state index < -0.39 is 0 Å². The normalized spacial score (nSPS) is 20.9. The molecule has 0 saturated heterocycles. The Balaban J connectivity index is 1.76. The van der Waals surface area contributed by atoms with Crippen molar-refractivity contribution in [3.05, 3.63) is 40.9 Å². The lowest BCUT2D eigenvalue weighted by molar-refractivity contribution is -0.131. The van der Waals surface area contributed by atoms with Crippen LogP contribution in [0.15, 0.2) is 35.3 Å². The second-order valence-electron chi connectivity index (χ2n) is 5.73. The van der Waals surface area contributed by atoms with Crippen LogP contribution in [-0.2, 0) is 4.79 Å². The monoisotopic (exact) mass is 317 g/mol. The second-order valence-corrected chi connectivity index (χ2v) is 6.14. The molecule has 0 bridgehead atoms. The van der Waals surface area contributed by atoms with Gasteiger partial charge in [-0.15, -0.1) is 0 Å². The molecule has 5 heteroatoms. The van der Waals surface area contributed by atoms with Gasteiger partial charge in [-0.2, -0.15) is 0 Å². The highest BCUT2D eigenvalue weighted by Crippen LogP contribution is 2.27. The Hall–Kier alpha value is -1.81. The number of benzene rings is 1. The van der Waals surface area contributed by atoms with Crippen LogP contribution < -0.4 is 5.32 Å². The molecule has 1 aliphatic heterocycles. The lowest BCUT2D eigenvalue weighted by Gasteiger charge is -2.26. The Morgan fingerprint density at radius 2 is 2.27 bits per heavy atom. The number of rotatable bonds is 2. The van der Waals surface area contributed by atoms with Crippen molar-refractivity contribution < 1.29 is 4.79 Å². The number of hydrogen-bond donors (Lipinski definition) is 1. The number of para-hydroxylation sites is 1. The minimum absolute atomic E-state index is 0.0717. The van der Waals surface area contributed by atoms with Crippen LogP contribution in [0.5, 0.6) is 0 Å². The molecule has 1 N–H and O–H groups in total. The van der Waals surface area contributed by atoms with Gasteiger partial charge in [-0.25, -0.2) is 0 Å². The molecule has 1 heterocycles. The molecule has 0 fully saturated rings. The summed E-state index contributed by atoms with van der Waals surface area (Å²) < 4.78 is 0. The molecule has 1 amide bonds. The SMILES string of the molecule is Cc1cccc(Cl)c1NC1=NCCN1C(=O)C1CC=CCC1. The number of carbonyl (C=O) groups is 1. The summed E-state index contributed by atoms with van der Waals surface area (Å²) in [6.07, 6.45) is 6.98. The lowest BCUT2D eigenvalue weighted by Crippen LogP contribution is -2.42. The van der Waals surface area contributed by atoms with Crippen LogP contribution in [-0.4, -0.2) is 29.9 Å². The number of guanidine groups is 1. The van der Waals surface area contributed by atoms with Gasteiger partial charge in [0.05, 0.1) is 17.3 Å². The van der Waals surface area contributed by atoms with E-state index in [1.807, 2.05) is 25.1 Å². The number of halogens is 1. The van der Waals surface area contributed by atoms with Crippen molar-refractivity contribution in [2.45, 2.75) is 26.2 Å². The van der Waals surface area contributed by atoms with E-state index in [0.717, 1.165) is 30.5 Å². The van der Waals surface area contributed by atoms with Crippen LogP contribution in [0.3, 0.4) is 0 Å². The zero-order chi connectivity index (χ0) is 15.5. The van der Waals surface area contributed by atoms with Gasteiger partial charge in [0.1, 0.15) is 0 Å². The zero-order valence-corrected chi connectivity index (χ0v) is 13.4. The van der Waals surface area contributed by atoms with Gasteiger partial charge in [-0.3, -0.25) is 14.7 Å². The topological polar surface area (TPSA) is 44.7 Å². The Morgan fingerprint density at radius 3 is 3.00 bits per heavy atom. The summed E-state index contributed by atoms with van der Waals surface area (Å²) in [4.78, 5) is 18.9. The van der Waals surface area contributed by atoms with Crippen molar-refractivity contribution in [3.63, 3.8) is 0 Å². The quantitative estimate of drug-likeness (QED) is 0.847. The number of amides is 1. The number of allylic oxidation sites excluding steroid dienone is 2. The maximum Gasteiger partial charge on any atom is 0.232 e. The molecule has 2 aliphatic rings. The summed E-state index contributed by atoms with van der Waals surface area (Å²) in [7, 11) is 0. The largest absolute Gasteiger partial charge is 0.324 e. The zero-order valence-electron chi connectivity index (χ0n) is 12.7. The van der Waals surface area contributed by atoms with Crippen LogP contribution in [0.25, 0.3) is 0 Å². The molecule has 4 nitrogen and oxygen atoms in total. The van der Waals surface area contributed by atoms with Crippen LogP contribution in [0, 0.1) is 12.8 Å². The standard InChI is InChI=1S/C17H20ClN3O/c1-12-6-5-9-14(18)15(12)20-17-19-10-11-21(17)16(22)13-7-3-2-4-8-13/h2-3,5-6,9,13H,4,7-8,10-11H2,1H3,(H,19,20). The minimum atomic E-state index is 0.0717. The number of aryl methyl sites for hydroxylation is 1. The van der Waals surface area contributed by atoms with Gasteiger partial charge in [-0.1, -0.05) is 35.9 Å². The highest BCUT2D eigenvalue weighted by atomic mass is 35.5. The average Bonchev–Trinajstić information content (AvgIpc) is 2.99. The molecule has 1 atom stereocenters. The van der Waals surface area contributed by atoms with Gasteiger partial charge < -0.3 is 5.32 Å². The average molecular weight is 318 g/mol. The summed E-state index contributed by atoms with van der Waals surface area (Å²) in [6, 6.07) is 5.74. The Labute approximate surface area is 135 Å². The summed E-state index contributed by atoms with van der Waals surface area (Å²) >= 11 is 6.25. The fourth-order valence-corrected chi connectivity index (χ4v) is 3.18. The molecule has 3 rings (SSSR count). The molecule has 0 saturated carbocycles. The number of anilines is 1. The van der Waals surface area contributed by atoms with Crippen molar-refractivity contribution in [2.24, 2.45) is 10.9 Å². The molecule has 0 aromatic heterocycles. The number of nitrogens with one attached hydrogen (secondary N) is 1. The summed E-state index contributed by atoms with van der Waals surface area (Å²) in [5, 5.41) is 3.89. The summed E-state index contributed by atoms with van der Waals surface area (Å²) in [6.45, 7) is 3.27. The maximum absolute atomic E-state index is 12.7. The fourth-order valence-electron chi connectivity index (χ4n) is 2.91. The molecule has 1 aromatic rings. The maximum atomic E-state index is 12.7. The van der Waals surface area contributed by atoms with E-state index in [0.29, 0.717) is 24.1 Å². The van der Waals surface area contributed by atoms with E-state index in [1.54, 1.807) is 4.90 Å². The van der Waals surface area contributed by atoms with Crippen molar-refractivity contribution >= 4 is 29.2 Å². The van der Waals surface area contributed by atoms with E-state index in [-0.39, 0.29) is 11.8 Å². The predicted molar refractivity (Wildman–Crippen MR) is 90.3 cm³/mol. The first-order chi connectivity index (χ1) is 10.7. The number of carbonyl (C=O) groups excluding carboxylic acids is 1. The molecule has 0 radical (unpaired) electrons. The van der Waals surface area contributed by atoms with E-state index in [4.69, 9.17) is 11.6 Å². The van der Waals surface area contributed by atoms with Gasteiger partial charge in [0.25, 0.3) is 0 Å². The van der Waals surface area contributed by atoms with Gasteiger partial charge >= 0.3 is 0 Å². The predicted octanol–water partition coefficient (Wildman–Crippen LogP) is 3.61. The summed E-state index contributed by atoms with van der Waals surface area (Å²) in [5.74, 6) is 0.857. The third kappa shape index (κ3) is 3.02.